The summed E-state index contributed by atoms with van der Waals surface area (Å²) >= 11 is 1.60. The third kappa shape index (κ3) is 3.88. The highest BCUT2D eigenvalue weighted by molar-refractivity contribution is 7.07. The van der Waals surface area contributed by atoms with Crippen LogP contribution < -0.4 is 5.46 Å². The van der Waals surface area contributed by atoms with Crippen LogP contribution in [0.1, 0.15) is 16.7 Å². The molecule has 0 aliphatic rings. The van der Waals surface area contributed by atoms with E-state index in [1.807, 2.05) is 19.2 Å². The number of benzene rings is 1. The van der Waals surface area contributed by atoms with Crippen LogP contribution >= 0.6 is 11.3 Å². The molecular weight excluding hydrogens is 201 g/mol. The number of hydrogen-bond donors (Lipinski definition) is 0. The molecule has 76 valence electrons. The van der Waals surface area contributed by atoms with Gasteiger partial charge in [0.05, 0.1) is 5.51 Å². The highest BCUT2D eigenvalue weighted by atomic mass is 32.1. The fourth-order valence-electron chi connectivity index (χ4n) is 1.37. The Kier molecular flexibility index (Phi) is 4.57. The number of hydrogen-bond acceptors (Lipinski definition) is 2. The Hall–Kier alpha value is -1.09. The van der Waals surface area contributed by atoms with E-state index in [2.05, 4.69) is 24.0 Å². The molecule has 0 amide bonds. The lowest BCUT2D eigenvalue weighted by molar-refractivity contribution is 1.35. The monoisotopic (exact) mass is 215 g/mol. The zero-order valence-corrected chi connectivity index (χ0v) is 10.1. The van der Waals surface area contributed by atoms with Gasteiger partial charge in [0.2, 0.25) is 0 Å². The molecule has 2 radical (unpaired) electrons. The Labute approximate surface area is 96.6 Å². The van der Waals surface area contributed by atoms with Gasteiger partial charge in [0.15, 0.2) is 0 Å². The number of nitrogens with zero attached hydrogens (tertiary/aromatic N) is 1. The summed E-state index contributed by atoms with van der Waals surface area (Å²) in [5.74, 6) is 0. The molecule has 0 N–H and O–H groups in total. The summed E-state index contributed by atoms with van der Waals surface area (Å²) < 4.78 is 0. The van der Waals surface area contributed by atoms with E-state index in [9.17, 15) is 0 Å². The van der Waals surface area contributed by atoms with Gasteiger partial charge in [0.25, 0.3) is 0 Å². The summed E-state index contributed by atoms with van der Waals surface area (Å²) in [5, 5.41) is 1.93. The second-order valence-corrected chi connectivity index (χ2v) is 4.24. The third-order valence-corrected chi connectivity index (χ3v) is 2.61. The van der Waals surface area contributed by atoms with Crippen molar-refractivity contribution >= 4 is 24.6 Å². The van der Waals surface area contributed by atoms with Crippen LogP contribution in [0.25, 0.3) is 0 Å². The lowest BCUT2D eigenvalue weighted by Crippen LogP contribution is -2.11. The SMILES string of the molecule is [B]c1c(C)cc(C)cc1C.c1cscn1. The van der Waals surface area contributed by atoms with Gasteiger partial charge in [-0.25, -0.2) is 0 Å². The molecule has 0 saturated carbocycles. The number of thiazole rings is 1. The van der Waals surface area contributed by atoms with Crippen LogP contribution in [0, 0.1) is 20.8 Å². The van der Waals surface area contributed by atoms with E-state index in [-0.39, 0.29) is 0 Å². The zero-order valence-electron chi connectivity index (χ0n) is 9.32. The van der Waals surface area contributed by atoms with Gasteiger partial charge in [-0.2, -0.15) is 0 Å². The van der Waals surface area contributed by atoms with Gasteiger partial charge in [-0.15, -0.1) is 11.3 Å². The average Bonchev–Trinajstić information content (AvgIpc) is 2.71. The molecule has 0 aliphatic heterocycles. The Morgan fingerprint density at radius 2 is 1.73 bits per heavy atom. The van der Waals surface area contributed by atoms with Gasteiger partial charge in [-0.1, -0.05) is 34.3 Å². The molecule has 2 rings (SSSR count). The van der Waals surface area contributed by atoms with E-state index in [0.717, 1.165) is 5.46 Å². The normalized spacial score (nSPS) is 9.27. The van der Waals surface area contributed by atoms with Crippen molar-refractivity contribution in [2.45, 2.75) is 20.8 Å². The summed E-state index contributed by atoms with van der Waals surface area (Å²) in [6.07, 6.45) is 1.77. The molecule has 0 fully saturated rings. The lowest BCUT2D eigenvalue weighted by Gasteiger charge is -2.05. The van der Waals surface area contributed by atoms with Crippen LogP contribution in [0.2, 0.25) is 0 Å². The molecule has 1 nitrogen and oxygen atoms in total. The summed E-state index contributed by atoms with van der Waals surface area (Å²) in [6.45, 7) is 6.16. The lowest BCUT2D eigenvalue weighted by atomic mass is 9.86. The fraction of sp³-hybridized carbons (Fsp3) is 0.250. The molecule has 0 saturated heterocycles. The largest absolute Gasteiger partial charge is 0.253 e. The van der Waals surface area contributed by atoms with Crippen LogP contribution in [0.5, 0.6) is 0 Å². The first-order valence-corrected chi connectivity index (χ1v) is 5.71. The third-order valence-electron chi connectivity index (χ3n) is 2.09. The minimum Gasteiger partial charge on any atom is -0.253 e. The number of rotatable bonds is 0. The minimum atomic E-state index is 0.922. The van der Waals surface area contributed by atoms with Crippen LogP contribution in [-0.2, 0) is 0 Å². The second-order valence-electron chi connectivity index (χ2n) is 3.49. The van der Waals surface area contributed by atoms with Crippen LogP contribution in [-0.4, -0.2) is 12.8 Å². The molecule has 1 aromatic carbocycles. The minimum absolute atomic E-state index is 0.922. The van der Waals surface area contributed by atoms with Crippen LogP contribution in [0.15, 0.2) is 29.2 Å². The average molecular weight is 215 g/mol. The molecule has 2 aromatic rings. The van der Waals surface area contributed by atoms with E-state index in [1.54, 1.807) is 23.0 Å². The smallest absolute Gasteiger partial charge is 0.114 e. The van der Waals surface area contributed by atoms with Gasteiger partial charge in [-0.3, -0.25) is 4.98 Å². The van der Waals surface area contributed by atoms with Crippen molar-refractivity contribution < 1.29 is 0 Å². The maximum Gasteiger partial charge on any atom is 0.114 e. The van der Waals surface area contributed by atoms with Crippen molar-refractivity contribution in [2.75, 3.05) is 0 Å². The Morgan fingerprint density at radius 3 is 2.07 bits per heavy atom. The predicted octanol–water partition coefficient (Wildman–Crippen LogP) is 2.55. The quantitative estimate of drug-likeness (QED) is 0.615. The van der Waals surface area contributed by atoms with Gasteiger partial charge < -0.3 is 0 Å². The number of aromatic nitrogens is 1. The summed E-state index contributed by atoms with van der Waals surface area (Å²) in [5.41, 5.74) is 6.35. The van der Waals surface area contributed by atoms with Gasteiger partial charge in [0, 0.05) is 11.6 Å². The standard InChI is InChI=1S/C9H11B.C3H3NS/c1-6-4-7(2)9(10)8(3)5-6;1-2-5-3-4-1/h4-5H,1-3H3;1-3H. The second kappa shape index (κ2) is 5.71. The molecule has 0 bridgehead atoms. The molecule has 15 heavy (non-hydrogen) atoms. The van der Waals surface area contributed by atoms with Crippen molar-refractivity contribution in [3.63, 3.8) is 0 Å². The predicted molar refractivity (Wildman–Crippen MR) is 68.2 cm³/mol. The molecular formula is C12H14BNS. The molecule has 0 unspecified atom stereocenters. The van der Waals surface area contributed by atoms with E-state index in [1.165, 1.54) is 16.7 Å². The first-order chi connectivity index (χ1) is 7.11. The topological polar surface area (TPSA) is 12.9 Å². The van der Waals surface area contributed by atoms with Crippen molar-refractivity contribution in [3.05, 3.63) is 45.9 Å². The van der Waals surface area contributed by atoms with Gasteiger partial charge >= 0.3 is 0 Å². The molecule has 1 aromatic heterocycles. The Balaban J connectivity index is 0.000000187. The zero-order chi connectivity index (χ0) is 11.3. The molecule has 1 heterocycles. The molecule has 0 spiro atoms. The molecule has 0 atom stereocenters. The van der Waals surface area contributed by atoms with Gasteiger partial charge in [0.1, 0.15) is 7.85 Å². The van der Waals surface area contributed by atoms with E-state index in [4.69, 9.17) is 7.85 Å². The van der Waals surface area contributed by atoms with Gasteiger partial charge in [-0.05, 0) is 20.8 Å². The maximum absolute atomic E-state index is 5.75. The van der Waals surface area contributed by atoms with Crippen LogP contribution in [0.4, 0.5) is 0 Å². The Morgan fingerprint density at radius 1 is 1.13 bits per heavy atom. The van der Waals surface area contributed by atoms with Crippen molar-refractivity contribution in [1.29, 1.82) is 0 Å². The molecule has 3 heteroatoms. The van der Waals surface area contributed by atoms with Crippen molar-refractivity contribution in [2.24, 2.45) is 0 Å². The Bertz CT molecular complexity index is 369. The first-order valence-electron chi connectivity index (χ1n) is 4.76. The maximum atomic E-state index is 5.75. The summed E-state index contributed by atoms with van der Waals surface area (Å²) in [4.78, 5) is 3.74. The first kappa shape index (κ1) is 12.0. The van der Waals surface area contributed by atoms with E-state index < -0.39 is 0 Å². The van der Waals surface area contributed by atoms with E-state index >= 15 is 0 Å². The highest BCUT2D eigenvalue weighted by Gasteiger charge is 1.95. The van der Waals surface area contributed by atoms with Crippen LogP contribution in [0.3, 0.4) is 0 Å². The highest BCUT2D eigenvalue weighted by Crippen LogP contribution is 2.03. The number of aryl methyl sites for hydroxylation is 3. The summed E-state index contributed by atoms with van der Waals surface area (Å²) in [7, 11) is 5.75. The van der Waals surface area contributed by atoms with E-state index in [0.29, 0.717) is 0 Å². The fourth-order valence-corrected chi connectivity index (χ4v) is 1.72. The van der Waals surface area contributed by atoms with Crippen molar-refractivity contribution in [3.8, 4) is 0 Å². The van der Waals surface area contributed by atoms with Crippen molar-refractivity contribution in [1.82, 2.24) is 4.98 Å². The summed E-state index contributed by atoms with van der Waals surface area (Å²) in [6, 6.07) is 4.20. The molecule has 0 aliphatic carbocycles.